The van der Waals surface area contributed by atoms with Gasteiger partial charge < -0.3 is 14.6 Å². The minimum absolute atomic E-state index is 0.128. The third kappa shape index (κ3) is 4.17. The van der Waals surface area contributed by atoms with Crippen LogP contribution in [0.5, 0.6) is 0 Å². The number of anilines is 3. The molecular weight excluding hydrogens is 307 g/mol. The van der Waals surface area contributed by atoms with E-state index in [0.29, 0.717) is 0 Å². The van der Waals surface area contributed by atoms with Gasteiger partial charge in [0, 0.05) is 23.2 Å². The number of alkyl halides is 3. The molecule has 1 aromatic heterocycles. The molecule has 5 nitrogen and oxygen atoms in total. The van der Waals surface area contributed by atoms with Crippen LogP contribution in [0.25, 0.3) is 0 Å². The average molecular weight is 316 g/mol. The number of rotatable bonds is 4. The first-order valence-electron chi connectivity index (χ1n) is 5.60. The minimum atomic E-state index is -4.45. The van der Waals surface area contributed by atoms with Crippen molar-refractivity contribution in [1.82, 2.24) is 4.98 Å². The summed E-state index contributed by atoms with van der Waals surface area (Å²) in [5.74, 6) is 0. The van der Waals surface area contributed by atoms with Crippen LogP contribution >= 0.6 is 0 Å². The van der Waals surface area contributed by atoms with E-state index >= 15 is 0 Å². The van der Waals surface area contributed by atoms with Gasteiger partial charge >= 0.3 is 6.18 Å². The van der Waals surface area contributed by atoms with E-state index in [1.807, 2.05) is 0 Å². The number of benzene rings is 1. The van der Waals surface area contributed by atoms with Crippen LogP contribution in [0, 0.1) is 0 Å². The standard InChI is InChI=1S/C12H10F3N3O2S/c13-12(14,15)8-2-1-3-9(6-8)17-10-4-5-16-7-11(10)18-21(19)20/h1-7,18H,(H,16,17)(H,19,20)/p-1. The lowest BCUT2D eigenvalue weighted by Crippen LogP contribution is -2.07. The van der Waals surface area contributed by atoms with Crippen LogP contribution in [0.2, 0.25) is 0 Å². The Morgan fingerprint density at radius 3 is 2.62 bits per heavy atom. The molecule has 1 unspecified atom stereocenters. The zero-order valence-corrected chi connectivity index (χ0v) is 11.2. The number of hydrogen-bond acceptors (Lipinski definition) is 4. The van der Waals surface area contributed by atoms with E-state index in [4.69, 9.17) is 0 Å². The van der Waals surface area contributed by atoms with Crippen molar-refractivity contribution in [3.8, 4) is 0 Å². The van der Waals surface area contributed by atoms with E-state index in [2.05, 4.69) is 15.0 Å². The van der Waals surface area contributed by atoms with Crippen LogP contribution in [0.15, 0.2) is 42.7 Å². The molecule has 1 heterocycles. The Kier molecular flexibility index (Phi) is 4.43. The van der Waals surface area contributed by atoms with Crippen LogP contribution in [-0.4, -0.2) is 13.7 Å². The molecule has 0 aliphatic rings. The predicted octanol–water partition coefficient (Wildman–Crippen LogP) is 3.05. The summed E-state index contributed by atoms with van der Waals surface area (Å²) in [7, 11) is 0. The van der Waals surface area contributed by atoms with E-state index < -0.39 is 23.0 Å². The second-order valence-corrected chi connectivity index (χ2v) is 4.64. The second kappa shape index (κ2) is 6.10. The zero-order valence-electron chi connectivity index (χ0n) is 10.3. The highest BCUT2D eigenvalue weighted by Crippen LogP contribution is 2.32. The smallest absolute Gasteiger partial charge is 0.416 e. The fourth-order valence-corrected chi connectivity index (χ4v) is 1.95. The van der Waals surface area contributed by atoms with E-state index in [1.54, 1.807) is 0 Å². The highest BCUT2D eigenvalue weighted by molar-refractivity contribution is 7.80. The van der Waals surface area contributed by atoms with Crippen LogP contribution in [0.3, 0.4) is 0 Å². The molecule has 0 fully saturated rings. The van der Waals surface area contributed by atoms with Crippen LogP contribution in [0.1, 0.15) is 5.56 Å². The van der Waals surface area contributed by atoms with E-state index in [0.717, 1.165) is 12.1 Å². The number of hydrogen-bond donors (Lipinski definition) is 2. The summed E-state index contributed by atoms with van der Waals surface area (Å²) < 4.78 is 61.3. The maximum atomic E-state index is 12.6. The van der Waals surface area contributed by atoms with E-state index in [1.165, 1.54) is 30.6 Å². The van der Waals surface area contributed by atoms with Gasteiger partial charge in [-0.1, -0.05) is 6.07 Å². The molecule has 9 heteroatoms. The van der Waals surface area contributed by atoms with Gasteiger partial charge in [-0.05, 0) is 24.3 Å². The predicted molar refractivity (Wildman–Crippen MR) is 71.5 cm³/mol. The third-order valence-electron chi connectivity index (χ3n) is 2.48. The van der Waals surface area contributed by atoms with Crippen LogP contribution in [0.4, 0.5) is 30.2 Å². The molecule has 0 aliphatic carbocycles. The van der Waals surface area contributed by atoms with Crippen LogP contribution in [-0.2, 0) is 17.4 Å². The molecule has 0 radical (unpaired) electrons. The quantitative estimate of drug-likeness (QED) is 0.850. The highest BCUT2D eigenvalue weighted by Gasteiger charge is 2.30. The molecule has 1 aromatic carbocycles. The molecule has 0 saturated carbocycles. The summed E-state index contributed by atoms with van der Waals surface area (Å²) in [6.07, 6.45) is -1.83. The maximum absolute atomic E-state index is 12.6. The molecule has 0 bridgehead atoms. The third-order valence-corrected chi connectivity index (χ3v) is 2.87. The molecule has 2 aromatic rings. The van der Waals surface area contributed by atoms with Crippen LogP contribution < -0.4 is 10.0 Å². The minimum Gasteiger partial charge on any atom is -0.755 e. The van der Waals surface area contributed by atoms with Crippen molar-refractivity contribution in [2.45, 2.75) is 6.18 Å². The highest BCUT2D eigenvalue weighted by atomic mass is 32.2. The average Bonchev–Trinajstić information content (AvgIpc) is 2.40. The van der Waals surface area contributed by atoms with Gasteiger partial charge in [0.15, 0.2) is 0 Å². The summed E-state index contributed by atoms with van der Waals surface area (Å²) in [5, 5.41) is 2.71. The summed E-state index contributed by atoms with van der Waals surface area (Å²) in [6, 6.07) is 6.01. The molecule has 0 amide bonds. The first-order valence-corrected chi connectivity index (χ1v) is 6.68. The number of pyridine rings is 1. The van der Waals surface area contributed by atoms with Crippen molar-refractivity contribution >= 4 is 28.3 Å². The largest absolute Gasteiger partial charge is 0.755 e. The zero-order chi connectivity index (χ0) is 15.5. The van der Waals surface area contributed by atoms with Gasteiger partial charge in [0.25, 0.3) is 0 Å². The van der Waals surface area contributed by atoms with Gasteiger partial charge in [-0.3, -0.25) is 9.19 Å². The van der Waals surface area contributed by atoms with E-state index in [9.17, 15) is 21.9 Å². The fourth-order valence-electron chi connectivity index (χ4n) is 1.60. The Morgan fingerprint density at radius 1 is 1.19 bits per heavy atom. The molecule has 1 atom stereocenters. The molecule has 112 valence electrons. The number of aromatic nitrogens is 1. The number of halogens is 3. The molecule has 2 N–H and O–H groups in total. The van der Waals surface area contributed by atoms with Crippen molar-refractivity contribution < 1.29 is 21.9 Å². The van der Waals surface area contributed by atoms with Gasteiger partial charge in [-0.2, -0.15) is 13.2 Å². The lowest BCUT2D eigenvalue weighted by molar-refractivity contribution is -0.137. The number of nitrogens with zero attached hydrogens (tertiary/aromatic N) is 1. The first kappa shape index (κ1) is 15.3. The summed E-state index contributed by atoms with van der Waals surface area (Å²) in [4.78, 5) is 3.74. The van der Waals surface area contributed by atoms with Gasteiger partial charge in [-0.15, -0.1) is 0 Å². The van der Waals surface area contributed by atoms with Gasteiger partial charge in [0.05, 0.1) is 23.1 Å². The fraction of sp³-hybridized carbons (Fsp3) is 0.0833. The van der Waals surface area contributed by atoms with Gasteiger partial charge in [0.1, 0.15) is 0 Å². The van der Waals surface area contributed by atoms with Crippen molar-refractivity contribution in [3.63, 3.8) is 0 Å². The Morgan fingerprint density at radius 2 is 1.95 bits per heavy atom. The molecule has 0 spiro atoms. The van der Waals surface area contributed by atoms with E-state index in [-0.39, 0.29) is 17.1 Å². The van der Waals surface area contributed by atoms with Gasteiger partial charge in [-0.25, -0.2) is 0 Å². The van der Waals surface area contributed by atoms with Crippen molar-refractivity contribution in [3.05, 3.63) is 48.3 Å². The molecule has 0 aliphatic heterocycles. The van der Waals surface area contributed by atoms with Crippen molar-refractivity contribution in [1.29, 1.82) is 0 Å². The Bertz CT molecular complexity index is 664. The molecule has 21 heavy (non-hydrogen) atoms. The maximum Gasteiger partial charge on any atom is 0.416 e. The Balaban J connectivity index is 2.28. The summed E-state index contributed by atoms with van der Waals surface area (Å²) >= 11 is -2.56. The number of nitrogens with one attached hydrogen (secondary N) is 2. The first-order chi connectivity index (χ1) is 9.86. The van der Waals surface area contributed by atoms with Crippen molar-refractivity contribution in [2.24, 2.45) is 0 Å². The topological polar surface area (TPSA) is 77.1 Å². The Labute approximate surface area is 120 Å². The second-order valence-electron chi connectivity index (χ2n) is 3.96. The van der Waals surface area contributed by atoms with Crippen molar-refractivity contribution in [2.75, 3.05) is 10.0 Å². The summed E-state index contributed by atoms with van der Waals surface area (Å²) in [5.41, 5.74) is -0.212. The molecule has 2 rings (SSSR count). The molecule has 0 saturated heterocycles. The summed E-state index contributed by atoms with van der Waals surface area (Å²) in [6.45, 7) is 0. The SMILES string of the molecule is O=S([O-])Nc1cnccc1Nc1cccc(C(F)(F)F)c1. The lowest BCUT2D eigenvalue weighted by Gasteiger charge is -2.15. The van der Waals surface area contributed by atoms with Gasteiger partial charge in [0.2, 0.25) is 0 Å². The lowest BCUT2D eigenvalue weighted by atomic mass is 10.2. The molecular formula is C12H9F3N3O2S-. The normalized spacial score (nSPS) is 12.8. The Hall–Kier alpha value is -2.13. The monoisotopic (exact) mass is 316 g/mol.